The molecule has 0 spiro atoms. The third kappa shape index (κ3) is 6.39. The number of likely N-dealkylation sites (tertiary alicyclic amines) is 1. The van der Waals surface area contributed by atoms with Gasteiger partial charge < -0.3 is 20.9 Å². The average molecular weight is 534 g/mol. The van der Waals surface area contributed by atoms with Crippen molar-refractivity contribution in [2.75, 3.05) is 32.0 Å². The molecule has 2 aromatic heterocycles. The van der Waals surface area contributed by atoms with E-state index in [1.54, 1.807) is 6.07 Å². The fourth-order valence-corrected chi connectivity index (χ4v) is 5.52. The van der Waals surface area contributed by atoms with Crippen molar-refractivity contribution in [1.82, 2.24) is 30.4 Å². The Morgan fingerprint density at radius 3 is 2.58 bits per heavy atom. The molecular weight excluding hydrogens is 502 g/mol. The zero-order chi connectivity index (χ0) is 26.0. The molecule has 2 aliphatic heterocycles. The summed E-state index contributed by atoms with van der Waals surface area (Å²) in [5.74, 6) is -1.64. The van der Waals surface area contributed by atoms with Crippen molar-refractivity contribution in [3.8, 4) is 0 Å². The van der Waals surface area contributed by atoms with Gasteiger partial charge >= 0.3 is 11.8 Å². The molecule has 1 saturated heterocycles. The van der Waals surface area contributed by atoms with E-state index in [0.29, 0.717) is 23.0 Å². The molecule has 4 heterocycles. The topological polar surface area (TPSA) is 120 Å². The van der Waals surface area contributed by atoms with Crippen LogP contribution in [0.15, 0.2) is 18.3 Å². The predicted molar refractivity (Wildman–Crippen MR) is 139 cm³/mol. The number of hydrogen-bond donors (Lipinski definition) is 3. The minimum Gasteiger partial charge on any atom is -0.344 e. The molecule has 0 saturated carbocycles. The Hall–Kier alpha value is -2.60. The van der Waals surface area contributed by atoms with Gasteiger partial charge in [0.05, 0.1) is 22.8 Å². The second kappa shape index (κ2) is 10.8. The summed E-state index contributed by atoms with van der Waals surface area (Å²) in [7, 11) is 1.96. The SMILES string of the molecule is CN1CC[C@H](NC(=O)C(=O)Nc2ccc(Cl)cn2)[C@H](NC(=O)c2nc3c(s2)CN(C(C)(C)C)CC3)C1. The molecule has 0 bridgehead atoms. The van der Waals surface area contributed by atoms with Gasteiger partial charge in [-0.05, 0) is 52.9 Å². The van der Waals surface area contributed by atoms with Crippen LogP contribution in [0.2, 0.25) is 5.02 Å². The first-order valence-electron chi connectivity index (χ1n) is 12.0. The first kappa shape index (κ1) is 26.5. The molecule has 12 heteroatoms. The number of thiazole rings is 1. The van der Waals surface area contributed by atoms with Crippen LogP contribution in [0.1, 0.15) is 47.6 Å². The van der Waals surface area contributed by atoms with E-state index >= 15 is 0 Å². The lowest BCUT2D eigenvalue weighted by molar-refractivity contribution is -0.136. The van der Waals surface area contributed by atoms with E-state index in [4.69, 9.17) is 11.6 Å². The van der Waals surface area contributed by atoms with Gasteiger partial charge in [-0.2, -0.15) is 0 Å². The third-order valence-corrected chi connectivity index (χ3v) is 7.80. The van der Waals surface area contributed by atoms with Crippen LogP contribution in [-0.2, 0) is 22.6 Å². The first-order chi connectivity index (χ1) is 17.0. The van der Waals surface area contributed by atoms with Crippen LogP contribution in [0.3, 0.4) is 0 Å². The van der Waals surface area contributed by atoms with Crippen LogP contribution in [0.25, 0.3) is 0 Å². The number of fused-ring (bicyclic) bond motifs is 1. The van der Waals surface area contributed by atoms with E-state index in [1.165, 1.54) is 23.6 Å². The van der Waals surface area contributed by atoms with Crippen molar-refractivity contribution in [2.45, 2.75) is 57.8 Å². The monoisotopic (exact) mass is 533 g/mol. The number of nitrogens with one attached hydrogen (secondary N) is 3. The van der Waals surface area contributed by atoms with Crippen molar-refractivity contribution in [2.24, 2.45) is 0 Å². The van der Waals surface area contributed by atoms with Gasteiger partial charge in [0.2, 0.25) is 0 Å². The van der Waals surface area contributed by atoms with Gasteiger partial charge in [-0.3, -0.25) is 19.3 Å². The Bertz CT molecular complexity index is 1130. The van der Waals surface area contributed by atoms with Gasteiger partial charge in [0.15, 0.2) is 5.01 Å². The molecule has 2 aromatic rings. The summed E-state index contributed by atoms with van der Waals surface area (Å²) in [5.41, 5.74) is 1.04. The molecular formula is C24H32ClN7O3S. The number of pyridine rings is 1. The minimum absolute atomic E-state index is 0.0537. The number of nitrogens with zero attached hydrogens (tertiary/aromatic N) is 4. The number of carbonyl (C=O) groups is 3. The van der Waals surface area contributed by atoms with Gasteiger partial charge in [-0.15, -0.1) is 11.3 Å². The predicted octanol–water partition coefficient (Wildman–Crippen LogP) is 1.91. The summed E-state index contributed by atoms with van der Waals surface area (Å²) in [4.78, 5) is 52.3. The van der Waals surface area contributed by atoms with Crippen molar-refractivity contribution < 1.29 is 14.4 Å². The molecule has 2 aliphatic rings. The highest BCUT2D eigenvalue weighted by Gasteiger charge is 2.34. The summed E-state index contributed by atoms with van der Waals surface area (Å²) in [6, 6.07) is 2.32. The highest BCUT2D eigenvalue weighted by atomic mass is 35.5. The summed E-state index contributed by atoms with van der Waals surface area (Å²) in [5, 5.41) is 9.14. The molecule has 0 aromatic carbocycles. The number of anilines is 1. The smallest absolute Gasteiger partial charge is 0.314 e. The molecule has 10 nitrogen and oxygen atoms in total. The zero-order valence-electron chi connectivity index (χ0n) is 20.9. The zero-order valence-corrected chi connectivity index (χ0v) is 22.5. The molecule has 194 valence electrons. The van der Waals surface area contributed by atoms with Crippen molar-refractivity contribution in [3.63, 3.8) is 0 Å². The van der Waals surface area contributed by atoms with E-state index in [-0.39, 0.29) is 23.3 Å². The fourth-order valence-electron chi connectivity index (χ4n) is 4.39. The maximum Gasteiger partial charge on any atom is 0.314 e. The molecule has 36 heavy (non-hydrogen) atoms. The molecule has 2 atom stereocenters. The highest BCUT2D eigenvalue weighted by Crippen LogP contribution is 2.29. The second-order valence-corrected chi connectivity index (χ2v) is 11.8. The third-order valence-electron chi connectivity index (χ3n) is 6.50. The van der Waals surface area contributed by atoms with E-state index in [9.17, 15) is 14.4 Å². The Labute approximate surface area is 219 Å². The minimum atomic E-state index is -0.829. The lowest BCUT2D eigenvalue weighted by Gasteiger charge is -2.37. The number of aromatic nitrogens is 2. The van der Waals surface area contributed by atoms with Crippen LogP contribution in [0, 0.1) is 0 Å². The molecule has 4 rings (SSSR count). The fraction of sp³-hybridized carbons (Fsp3) is 0.542. The number of hydrogen-bond acceptors (Lipinski definition) is 8. The van der Waals surface area contributed by atoms with Gasteiger partial charge in [0.25, 0.3) is 5.91 Å². The van der Waals surface area contributed by atoms with Gasteiger partial charge in [0.1, 0.15) is 5.82 Å². The van der Waals surface area contributed by atoms with E-state index < -0.39 is 17.9 Å². The van der Waals surface area contributed by atoms with Gasteiger partial charge in [-0.1, -0.05) is 11.6 Å². The number of amides is 3. The highest BCUT2D eigenvalue weighted by molar-refractivity contribution is 7.13. The van der Waals surface area contributed by atoms with Gasteiger partial charge in [0, 0.05) is 42.7 Å². The van der Waals surface area contributed by atoms with E-state index in [1.807, 2.05) is 7.05 Å². The first-order valence-corrected chi connectivity index (χ1v) is 13.2. The van der Waals surface area contributed by atoms with E-state index in [2.05, 4.69) is 56.5 Å². The standard InChI is InChI=1S/C24H32ClN7O3S/c1-24(2,3)32-10-8-16-18(13-32)36-23(29-16)22(35)28-17-12-31(4)9-7-15(17)27-20(33)21(34)30-19-6-5-14(25)11-26-19/h5-6,11,15,17H,7-10,12-13H2,1-4H3,(H,27,33)(H,28,35)(H,26,30,34)/t15-,17+/m0/s1. The normalized spacial score (nSPS) is 20.9. The van der Waals surface area contributed by atoms with Crippen LogP contribution >= 0.6 is 22.9 Å². The lowest BCUT2D eigenvalue weighted by Crippen LogP contribution is -2.60. The summed E-state index contributed by atoms with van der Waals surface area (Å²) in [6.07, 6.45) is 2.79. The van der Waals surface area contributed by atoms with Crippen LogP contribution in [0.5, 0.6) is 0 Å². The van der Waals surface area contributed by atoms with Crippen molar-refractivity contribution in [1.29, 1.82) is 0 Å². The number of likely N-dealkylation sites (N-methyl/N-ethyl adjacent to an activating group) is 1. The van der Waals surface area contributed by atoms with Crippen LogP contribution < -0.4 is 16.0 Å². The number of piperidine rings is 1. The largest absolute Gasteiger partial charge is 0.344 e. The molecule has 0 unspecified atom stereocenters. The quantitative estimate of drug-likeness (QED) is 0.513. The van der Waals surface area contributed by atoms with Crippen LogP contribution in [0.4, 0.5) is 5.82 Å². The Balaban J connectivity index is 1.39. The van der Waals surface area contributed by atoms with Crippen LogP contribution in [-0.4, -0.2) is 81.8 Å². The molecule has 3 amide bonds. The maximum absolute atomic E-state index is 13.1. The summed E-state index contributed by atoms with van der Waals surface area (Å²) < 4.78 is 0. The molecule has 0 radical (unpaired) electrons. The van der Waals surface area contributed by atoms with Gasteiger partial charge in [-0.25, -0.2) is 9.97 Å². The summed E-state index contributed by atoms with van der Waals surface area (Å²) in [6.45, 7) is 9.53. The molecule has 0 aliphatic carbocycles. The molecule has 3 N–H and O–H groups in total. The lowest BCUT2D eigenvalue weighted by atomic mass is 9.99. The Morgan fingerprint density at radius 1 is 1.11 bits per heavy atom. The second-order valence-electron chi connectivity index (χ2n) is 10.3. The van der Waals surface area contributed by atoms with E-state index in [0.717, 1.165) is 36.6 Å². The number of rotatable bonds is 4. The molecule has 1 fully saturated rings. The Kier molecular flexibility index (Phi) is 7.93. The summed E-state index contributed by atoms with van der Waals surface area (Å²) >= 11 is 7.24. The maximum atomic E-state index is 13.1. The average Bonchev–Trinajstić information content (AvgIpc) is 3.25. The number of halogens is 1. The van der Waals surface area contributed by atoms with Crippen molar-refractivity contribution in [3.05, 3.63) is 38.9 Å². The Morgan fingerprint density at radius 2 is 1.89 bits per heavy atom. The number of carbonyl (C=O) groups excluding carboxylic acids is 3. The van der Waals surface area contributed by atoms with Crippen molar-refractivity contribution >= 4 is 46.5 Å².